The Labute approximate surface area is 196 Å². The summed E-state index contributed by atoms with van der Waals surface area (Å²) < 4.78 is 5.94. The first kappa shape index (κ1) is 22.5. The molecule has 0 fully saturated rings. The van der Waals surface area contributed by atoms with Crippen LogP contribution in [0.5, 0.6) is 5.75 Å². The van der Waals surface area contributed by atoms with E-state index in [1.54, 1.807) is 0 Å². The molecule has 166 valence electrons. The molecular weight excluding hydrogens is 406 g/mol. The summed E-state index contributed by atoms with van der Waals surface area (Å²) in [5, 5.41) is 0. The molecule has 0 heterocycles. The number of ether oxygens (including phenoxy) is 1. The van der Waals surface area contributed by atoms with Crippen molar-refractivity contribution in [2.24, 2.45) is 0 Å². The summed E-state index contributed by atoms with van der Waals surface area (Å²) in [7, 11) is 0. The van der Waals surface area contributed by atoms with E-state index in [0.29, 0.717) is 19.7 Å². The molecular formula is C30H29NO2. The topological polar surface area (TPSA) is 29.5 Å². The maximum Gasteiger partial charge on any atom is 0.144 e. The molecule has 0 aromatic heterocycles. The van der Waals surface area contributed by atoms with Crippen LogP contribution in [0, 0.1) is 0 Å². The predicted octanol–water partition coefficient (Wildman–Crippen LogP) is 6.38. The third-order valence-electron chi connectivity index (χ3n) is 6.01. The van der Waals surface area contributed by atoms with Crippen LogP contribution >= 0.6 is 0 Å². The Bertz CT molecular complexity index is 1090. The second-order valence-corrected chi connectivity index (χ2v) is 8.39. The van der Waals surface area contributed by atoms with Gasteiger partial charge in [0.25, 0.3) is 0 Å². The summed E-state index contributed by atoms with van der Waals surface area (Å²) in [6, 6.07) is 38.6. The highest BCUT2D eigenvalue weighted by Crippen LogP contribution is 2.31. The van der Waals surface area contributed by atoms with Gasteiger partial charge in [-0.3, -0.25) is 4.90 Å². The number of nitrogens with zero attached hydrogens (tertiary/aromatic N) is 1. The number of rotatable bonds is 10. The molecule has 0 aliphatic carbocycles. The summed E-state index contributed by atoms with van der Waals surface area (Å²) in [6.45, 7) is 3.83. The van der Waals surface area contributed by atoms with E-state index in [1.807, 2.05) is 97.9 Å². The molecule has 0 aliphatic rings. The van der Waals surface area contributed by atoms with Gasteiger partial charge in [-0.25, -0.2) is 0 Å². The van der Waals surface area contributed by atoms with Crippen LogP contribution in [0.4, 0.5) is 0 Å². The zero-order valence-electron chi connectivity index (χ0n) is 18.9. The number of aldehydes is 1. The van der Waals surface area contributed by atoms with Gasteiger partial charge in [-0.1, -0.05) is 103 Å². The van der Waals surface area contributed by atoms with Crippen molar-refractivity contribution in [2.45, 2.75) is 32.2 Å². The van der Waals surface area contributed by atoms with Crippen LogP contribution in [0.25, 0.3) is 0 Å². The summed E-state index contributed by atoms with van der Waals surface area (Å²) in [5.41, 5.74) is 3.62. The molecule has 0 spiro atoms. The lowest BCUT2D eigenvalue weighted by atomic mass is 9.90. The van der Waals surface area contributed by atoms with Crippen molar-refractivity contribution in [1.29, 1.82) is 0 Å². The molecule has 4 rings (SSSR count). The van der Waals surface area contributed by atoms with Crippen molar-refractivity contribution < 1.29 is 9.53 Å². The van der Waals surface area contributed by atoms with E-state index in [1.165, 1.54) is 11.1 Å². The molecule has 4 aromatic rings. The van der Waals surface area contributed by atoms with Gasteiger partial charge in [0.05, 0.1) is 0 Å². The summed E-state index contributed by atoms with van der Waals surface area (Å²) >= 11 is 0. The molecule has 0 radical (unpaired) electrons. The van der Waals surface area contributed by atoms with Crippen LogP contribution in [0.3, 0.4) is 0 Å². The average Bonchev–Trinajstić information content (AvgIpc) is 2.89. The predicted molar refractivity (Wildman–Crippen MR) is 133 cm³/mol. The molecule has 3 heteroatoms. The normalized spacial score (nSPS) is 12.8. The Hall–Kier alpha value is -3.69. The standard InChI is InChI=1S/C30H29NO2/c1-30(24-32,28-17-19-29(20-18-28)33-23-27-15-9-4-10-16-27)31(21-25-11-5-2-6-12-25)22-26-13-7-3-8-14-26/h2-20,24H,21-23H2,1H3/t30-/m1/s1. The number of benzene rings is 4. The van der Waals surface area contributed by atoms with E-state index in [2.05, 4.69) is 29.2 Å². The molecule has 0 bridgehead atoms. The highest BCUT2D eigenvalue weighted by atomic mass is 16.5. The lowest BCUT2D eigenvalue weighted by Gasteiger charge is -2.38. The maximum absolute atomic E-state index is 12.6. The lowest BCUT2D eigenvalue weighted by Crippen LogP contribution is -2.44. The minimum Gasteiger partial charge on any atom is -0.489 e. The highest BCUT2D eigenvalue weighted by Gasteiger charge is 2.33. The molecule has 0 unspecified atom stereocenters. The first-order chi connectivity index (χ1) is 16.2. The Morgan fingerprint density at radius 3 is 1.58 bits per heavy atom. The molecule has 0 saturated heterocycles. The second kappa shape index (κ2) is 10.8. The molecule has 4 aromatic carbocycles. The van der Waals surface area contributed by atoms with Crippen LogP contribution in [0.2, 0.25) is 0 Å². The van der Waals surface area contributed by atoms with Crippen molar-refractivity contribution in [3.05, 3.63) is 138 Å². The number of carbonyl (C=O) groups is 1. The Morgan fingerprint density at radius 1 is 0.667 bits per heavy atom. The summed E-state index contributed by atoms with van der Waals surface area (Å²) in [6.07, 6.45) is 1.05. The molecule has 33 heavy (non-hydrogen) atoms. The van der Waals surface area contributed by atoms with Crippen molar-refractivity contribution in [1.82, 2.24) is 4.90 Å². The van der Waals surface area contributed by atoms with E-state index in [9.17, 15) is 4.79 Å². The van der Waals surface area contributed by atoms with Crippen LogP contribution < -0.4 is 4.74 Å². The smallest absolute Gasteiger partial charge is 0.144 e. The Morgan fingerprint density at radius 2 is 1.12 bits per heavy atom. The quantitative estimate of drug-likeness (QED) is 0.271. The van der Waals surface area contributed by atoms with Gasteiger partial charge in [-0.2, -0.15) is 0 Å². The zero-order chi connectivity index (χ0) is 22.9. The Kier molecular flexibility index (Phi) is 7.33. The van der Waals surface area contributed by atoms with Gasteiger partial charge in [0.2, 0.25) is 0 Å². The summed E-state index contributed by atoms with van der Waals surface area (Å²) in [5.74, 6) is 0.786. The average molecular weight is 436 g/mol. The van der Waals surface area contributed by atoms with E-state index in [4.69, 9.17) is 4.74 Å². The number of hydrogen-bond acceptors (Lipinski definition) is 3. The fourth-order valence-corrected chi connectivity index (χ4v) is 3.95. The van der Waals surface area contributed by atoms with Gasteiger partial charge in [0.15, 0.2) is 0 Å². The minimum absolute atomic E-state index is 0.513. The lowest BCUT2D eigenvalue weighted by molar-refractivity contribution is -0.119. The monoisotopic (exact) mass is 435 g/mol. The van der Waals surface area contributed by atoms with Crippen molar-refractivity contribution >= 4 is 6.29 Å². The molecule has 3 nitrogen and oxygen atoms in total. The molecule has 0 saturated carbocycles. The van der Waals surface area contributed by atoms with Gasteiger partial charge in [0, 0.05) is 13.1 Å². The first-order valence-corrected chi connectivity index (χ1v) is 11.2. The van der Waals surface area contributed by atoms with Crippen LogP contribution in [0.1, 0.15) is 29.2 Å². The van der Waals surface area contributed by atoms with E-state index in [0.717, 1.165) is 23.2 Å². The maximum atomic E-state index is 12.6. The molecule has 0 aliphatic heterocycles. The van der Waals surface area contributed by atoms with Gasteiger partial charge in [-0.05, 0) is 41.3 Å². The van der Waals surface area contributed by atoms with E-state index in [-0.39, 0.29) is 0 Å². The number of carbonyl (C=O) groups excluding carboxylic acids is 1. The fourth-order valence-electron chi connectivity index (χ4n) is 3.95. The highest BCUT2D eigenvalue weighted by molar-refractivity contribution is 5.67. The van der Waals surface area contributed by atoms with Gasteiger partial charge in [0.1, 0.15) is 24.2 Å². The molecule has 1 atom stereocenters. The Balaban J connectivity index is 1.57. The van der Waals surface area contributed by atoms with Crippen LogP contribution in [-0.2, 0) is 30.0 Å². The molecule has 0 N–H and O–H groups in total. The van der Waals surface area contributed by atoms with E-state index < -0.39 is 5.54 Å². The van der Waals surface area contributed by atoms with Gasteiger partial charge < -0.3 is 9.53 Å². The number of hydrogen-bond donors (Lipinski definition) is 0. The summed E-state index contributed by atoms with van der Waals surface area (Å²) in [4.78, 5) is 14.8. The largest absolute Gasteiger partial charge is 0.489 e. The fraction of sp³-hybridized carbons (Fsp3) is 0.167. The zero-order valence-corrected chi connectivity index (χ0v) is 18.9. The third-order valence-corrected chi connectivity index (χ3v) is 6.01. The third kappa shape index (κ3) is 5.76. The van der Waals surface area contributed by atoms with Crippen LogP contribution in [0.15, 0.2) is 115 Å². The minimum atomic E-state index is -0.788. The van der Waals surface area contributed by atoms with Crippen LogP contribution in [-0.4, -0.2) is 11.2 Å². The second-order valence-electron chi connectivity index (χ2n) is 8.39. The van der Waals surface area contributed by atoms with Crippen molar-refractivity contribution in [2.75, 3.05) is 0 Å². The molecule has 0 amide bonds. The van der Waals surface area contributed by atoms with Gasteiger partial charge in [-0.15, -0.1) is 0 Å². The van der Waals surface area contributed by atoms with Crippen molar-refractivity contribution in [3.8, 4) is 5.75 Å². The SMILES string of the molecule is C[C@@](C=O)(c1ccc(OCc2ccccc2)cc1)N(Cc1ccccc1)Cc1ccccc1. The van der Waals surface area contributed by atoms with Gasteiger partial charge >= 0.3 is 0 Å². The first-order valence-electron chi connectivity index (χ1n) is 11.2. The van der Waals surface area contributed by atoms with E-state index >= 15 is 0 Å². The van der Waals surface area contributed by atoms with Crippen molar-refractivity contribution in [3.63, 3.8) is 0 Å².